The first-order chi connectivity index (χ1) is 12.2. The van der Waals surface area contributed by atoms with Gasteiger partial charge in [0.25, 0.3) is 0 Å². The summed E-state index contributed by atoms with van der Waals surface area (Å²) in [5.74, 6) is 1.07. The molecule has 2 N–H and O–H groups in total. The minimum Gasteiger partial charge on any atom is -0.370 e. The number of benzene rings is 1. The number of thiazole rings is 1. The molecule has 5 nitrogen and oxygen atoms in total. The molecule has 2 aromatic rings. The summed E-state index contributed by atoms with van der Waals surface area (Å²) in [4.78, 5) is 13.5. The van der Waals surface area contributed by atoms with Gasteiger partial charge in [0.2, 0.25) is 0 Å². The van der Waals surface area contributed by atoms with Crippen molar-refractivity contribution in [2.24, 2.45) is 10.7 Å². The van der Waals surface area contributed by atoms with Crippen LogP contribution < -0.4 is 10.6 Å². The van der Waals surface area contributed by atoms with Crippen LogP contribution in [0.4, 0.5) is 10.1 Å². The number of nitrogens with two attached hydrogens (primary N) is 1. The molecule has 2 aliphatic rings. The van der Waals surface area contributed by atoms with Gasteiger partial charge in [-0.15, -0.1) is 11.3 Å². The van der Waals surface area contributed by atoms with Crippen LogP contribution in [0, 0.1) is 5.82 Å². The van der Waals surface area contributed by atoms with Gasteiger partial charge in [-0.3, -0.25) is 0 Å². The number of piperazine rings is 1. The highest BCUT2D eigenvalue weighted by molar-refractivity contribution is 7.09. The molecule has 7 heteroatoms. The molecular weight excluding hydrogens is 337 g/mol. The molecule has 2 fully saturated rings. The Morgan fingerprint density at radius 1 is 1.20 bits per heavy atom. The molecule has 1 saturated heterocycles. The highest BCUT2D eigenvalue weighted by Gasteiger charge is 2.26. The molecule has 0 atom stereocenters. The van der Waals surface area contributed by atoms with Crippen molar-refractivity contribution in [1.82, 2.24) is 9.88 Å². The van der Waals surface area contributed by atoms with E-state index in [1.165, 1.54) is 30.7 Å². The van der Waals surface area contributed by atoms with Crippen LogP contribution in [0.5, 0.6) is 0 Å². The van der Waals surface area contributed by atoms with Crippen LogP contribution in [0.15, 0.2) is 34.6 Å². The van der Waals surface area contributed by atoms with E-state index in [0.29, 0.717) is 18.4 Å². The maximum atomic E-state index is 13.0. The summed E-state index contributed by atoms with van der Waals surface area (Å²) in [5, 5.41) is 3.19. The van der Waals surface area contributed by atoms with Gasteiger partial charge in [-0.25, -0.2) is 14.4 Å². The predicted molar refractivity (Wildman–Crippen MR) is 99.6 cm³/mol. The Balaban J connectivity index is 1.30. The van der Waals surface area contributed by atoms with E-state index in [1.807, 2.05) is 12.1 Å². The summed E-state index contributed by atoms with van der Waals surface area (Å²) in [6, 6.07) is 6.65. The third kappa shape index (κ3) is 3.92. The lowest BCUT2D eigenvalue weighted by molar-refractivity contribution is 0.380. The highest BCUT2D eigenvalue weighted by atomic mass is 32.1. The lowest BCUT2D eigenvalue weighted by Crippen LogP contribution is -2.51. The zero-order valence-corrected chi connectivity index (χ0v) is 14.9. The third-order valence-corrected chi connectivity index (χ3v) is 5.59. The molecule has 4 rings (SSSR count). The molecule has 1 aromatic heterocycles. The van der Waals surface area contributed by atoms with Crippen LogP contribution in [0.2, 0.25) is 0 Å². The Labute approximate surface area is 151 Å². The van der Waals surface area contributed by atoms with Crippen LogP contribution in [0.3, 0.4) is 0 Å². The molecule has 0 amide bonds. The van der Waals surface area contributed by atoms with Crippen molar-refractivity contribution in [1.29, 1.82) is 0 Å². The van der Waals surface area contributed by atoms with Crippen molar-refractivity contribution >= 4 is 23.0 Å². The van der Waals surface area contributed by atoms with E-state index >= 15 is 0 Å². The summed E-state index contributed by atoms with van der Waals surface area (Å²) < 4.78 is 13.0. The zero-order valence-electron chi connectivity index (χ0n) is 14.1. The van der Waals surface area contributed by atoms with Gasteiger partial charge < -0.3 is 15.5 Å². The van der Waals surface area contributed by atoms with Crippen LogP contribution in [-0.4, -0.2) is 42.0 Å². The van der Waals surface area contributed by atoms with E-state index in [4.69, 9.17) is 5.73 Å². The van der Waals surface area contributed by atoms with Crippen molar-refractivity contribution < 1.29 is 4.39 Å². The van der Waals surface area contributed by atoms with Crippen molar-refractivity contribution in [2.75, 3.05) is 31.1 Å². The second-order valence-corrected chi connectivity index (χ2v) is 7.51. The maximum Gasteiger partial charge on any atom is 0.191 e. The van der Waals surface area contributed by atoms with Gasteiger partial charge in [0.15, 0.2) is 5.96 Å². The molecule has 1 aliphatic heterocycles. The Bertz CT molecular complexity index is 745. The number of halogens is 1. The Kier molecular flexibility index (Phi) is 4.57. The minimum absolute atomic E-state index is 0.203. The molecular formula is C18H22FN5S. The Morgan fingerprint density at radius 3 is 2.60 bits per heavy atom. The second kappa shape index (κ2) is 7.00. The summed E-state index contributed by atoms with van der Waals surface area (Å²) in [6.45, 7) is 3.90. The van der Waals surface area contributed by atoms with Gasteiger partial charge in [-0.2, -0.15) is 0 Å². The molecule has 2 heterocycles. The fraction of sp³-hybridized carbons (Fsp3) is 0.444. The number of aromatic nitrogens is 1. The van der Waals surface area contributed by atoms with E-state index in [0.717, 1.165) is 36.9 Å². The van der Waals surface area contributed by atoms with Crippen LogP contribution >= 0.6 is 11.3 Å². The SMILES string of the molecule is NC(=NCc1nc(C2CC2)cs1)N1CCN(c2ccc(F)cc2)CC1. The van der Waals surface area contributed by atoms with Gasteiger partial charge >= 0.3 is 0 Å². The van der Waals surface area contributed by atoms with E-state index in [9.17, 15) is 4.39 Å². The largest absolute Gasteiger partial charge is 0.370 e. The first-order valence-electron chi connectivity index (χ1n) is 8.69. The minimum atomic E-state index is -0.203. The first kappa shape index (κ1) is 16.3. The van der Waals surface area contributed by atoms with Crippen molar-refractivity contribution in [2.45, 2.75) is 25.3 Å². The van der Waals surface area contributed by atoms with Gasteiger partial charge in [0, 0.05) is 43.2 Å². The van der Waals surface area contributed by atoms with Crippen molar-refractivity contribution in [3.63, 3.8) is 0 Å². The number of hydrogen-bond donors (Lipinski definition) is 1. The molecule has 0 unspecified atom stereocenters. The number of hydrogen-bond acceptors (Lipinski definition) is 4. The average molecular weight is 359 g/mol. The smallest absolute Gasteiger partial charge is 0.191 e. The molecule has 0 spiro atoms. The molecule has 0 radical (unpaired) electrons. The van der Waals surface area contributed by atoms with Crippen LogP contribution in [0.25, 0.3) is 0 Å². The van der Waals surface area contributed by atoms with E-state index in [1.54, 1.807) is 11.3 Å². The normalized spacial score (nSPS) is 18.7. The lowest BCUT2D eigenvalue weighted by atomic mass is 10.2. The van der Waals surface area contributed by atoms with Crippen LogP contribution in [0.1, 0.15) is 29.5 Å². The predicted octanol–water partition coefficient (Wildman–Crippen LogP) is 2.80. The number of anilines is 1. The number of nitrogens with zero attached hydrogens (tertiary/aromatic N) is 4. The molecule has 1 aliphatic carbocycles. The van der Waals surface area contributed by atoms with Gasteiger partial charge in [-0.05, 0) is 37.1 Å². The first-order valence-corrected chi connectivity index (χ1v) is 9.57. The second-order valence-electron chi connectivity index (χ2n) is 6.57. The Hall–Kier alpha value is -2.15. The van der Waals surface area contributed by atoms with Gasteiger partial charge in [0.1, 0.15) is 10.8 Å². The van der Waals surface area contributed by atoms with Gasteiger partial charge in [-0.1, -0.05) is 0 Å². The summed E-state index contributed by atoms with van der Waals surface area (Å²) in [6.07, 6.45) is 2.54. The third-order valence-electron chi connectivity index (χ3n) is 4.74. The van der Waals surface area contributed by atoms with Gasteiger partial charge in [0.05, 0.1) is 12.2 Å². The zero-order chi connectivity index (χ0) is 17.2. The van der Waals surface area contributed by atoms with E-state index in [-0.39, 0.29) is 5.82 Å². The Morgan fingerprint density at radius 2 is 1.92 bits per heavy atom. The maximum absolute atomic E-state index is 13.0. The van der Waals surface area contributed by atoms with Crippen molar-refractivity contribution in [3.8, 4) is 0 Å². The van der Waals surface area contributed by atoms with E-state index < -0.39 is 0 Å². The standard InChI is InChI=1S/C18H22FN5S/c19-14-3-5-15(6-4-14)23-7-9-24(10-8-23)18(20)21-11-17-22-16(12-25-17)13-1-2-13/h3-6,12-13H,1-2,7-11H2,(H2,20,21). The van der Waals surface area contributed by atoms with Crippen LogP contribution in [-0.2, 0) is 6.54 Å². The fourth-order valence-electron chi connectivity index (χ4n) is 3.06. The summed E-state index contributed by atoms with van der Waals surface area (Å²) >= 11 is 1.67. The van der Waals surface area contributed by atoms with Crippen molar-refractivity contribution in [3.05, 3.63) is 46.2 Å². The quantitative estimate of drug-likeness (QED) is 0.674. The molecule has 1 aromatic carbocycles. The molecule has 1 saturated carbocycles. The monoisotopic (exact) mass is 359 g/mol. The molecule has 132 valence electrons. The molecule has 25 heavy (non-hydrogen) atoms. The number of aliphatic imine (C=N–C) groups is 1. The summed E-state index contributed by atoms with van der Waals surface area (Å²) in [5.41, 5.74) is 8.44. The fourth-order valence-corrected chi connectivity index (χ4v) is 3.86. The summed E-state index contributed by atoms with van der Waals surface area (Å²) in [7, 11) is 0. The van der Waals surface area contributed by atoms with E-state index in [2.05, 4.69) is 25.2 Å². The number of rotatable bonds is 4. The molecule has 0 bridgehead atoms. The number of guanidine groups is 1. The highest BCUT2D eigenvalue weighted by Crippen LogP contribution is 2.40. The lowest BCUT2D eigenvalue weighted by Gasteiger charge is -2.36. The topological polar surface area (TPSA) is 57.8 Å². The average Bonchev–Trinajstić information content (AvgIpc) is 3.39.